The molecule has 0 bridgehead atoms. The van der Waals surface area contributed by atoms with Gasteiger partial charge in [0, 0.05) is 25.8 Å². The second kappa shape index (κ2) is 11.5. The normalized spacial score (nSPS) is 35.8. The highest BCUT2D eigenvalue weighted by Gasteiger charge is 2.53. The highest BCUT2D eigenvalue weighted by molar-refractivity contribution is 5.88. The largest absolute Gasteiger partial charge is 0.455 e. The number of aromatic nitrogens is 1. The van der Waals surface area contributed by atoms with Crippen LogP contribution in [0, 0.1) is 36.5 Å². The van der Waals surface area contributed by atoms with E-state index in [-0.39, 0.29) is 30.6 Å². The predicted molar refractivity (Wildman–Crippen MR) is 133 cm³/mol. The minimum atomic E-state index is -1.43. The third-order valence-corrected chi connectivity index (χ3v) is 7.80. The number of rotatable bonds is 3. The number of fused-ring (bicyclic) bond motifs is 1. The van der Waals surface area contributed by atoms with Crippen molar-refractivity contribution in [1.82, 2.24) is 4.98 Å². The number of terminal acetylenes is 1. The molecule has 1 aromatic rings. The van der Waals surface area contributed by atoms with Gasteiger partial charge in [-0.05, 0) is 25.7 Å². The van der Waals surface area contributed by atoms with Crippen LogP contribution in [-0.2, 0) is 19.1 Å². The molecule has 0 radical (unpaired) electrons. The lowest BCUT2D eigenvalue weighted by atomic mass is 9.71. The Hall–Kier alpha value is -2.54. The van der Waals surface area contributed by atoms with Gasteiger partial charge in [-0.3, -0.25) is 9.59 Å². The number of epoxide rings is 1. The van der Waals surface area contributed by atoms with E-state index in [0.29, 0.717) is 25.2 Å². The lowest BCUT2D eigenvalue weighted by Crippen LogP contribution is -2.46. The number of carbonyl (C=O) groups excluding carboxylic acids is 2. The predicted octanol–water partition coefficient (Wildman–Crippen LogP) is 3.92. The van der Waals surface area contributed by atoms with E-state index >= 15 is 4.39 Å². The summed E-state index contributed by atoms with van der Waals surface area (Å²) in [7, 11) is 0. The average molecular weight is 520 g/mol. The first-order valence-electron chi connectivity index (χ1n) is 12.8. The quantitative estimate of drug-likeness (QED) is 0.350. The fourth-order valence-electron chi connectivity index (χ4n) is 5.00. The Balaban J connectivity index is 1.89. The topological polar surface area (TPSA) is 122 Å². The number of aryl methyl sites for hydroxylation is 1. The molecule has 3 rings (SSSR count). The minimum Gasteiger partial charge on any atom is -0.455 e. The Morgan fingerprint density at radius 2 is 2.03 bits per heavy atom. The SMILES string of the molecule is C#CCC1C(=O)C(C)(C)C(O)CC(=O)OC(C(F)=Cc2coc(C)n2)CC2OC2(C)CCCC(C)C1O. The van der Waals surface area contributed by atoms with Crippen molar-refractivity contribution >= 4 is 17.8 Å². The number of oxazole rings is 1. The monoisotopic (exact) mass is 519 g/mol. The van der Waals surface area contributed by atoms with Crippen LogP contribution in [0.1, 0.15) is 77.8 Å². The van der Waals surface area contributed by atoms with Crippen LogP contribution in [0.15, 0.2) is 16.5 Å². The van der Waals surface area contributed by atoms with Crippen molar-refractivity contribution in [3.8, 4) is 12.3 Å². The molecule has 37 heavy (non-hydrogen) atoms. The van der Waals surface area contributed by atoms with E-state index in [1.54, 1.807) is 6.92 Å². The molecular formula is C28H38FNO7. The number of cyclic esters (lactones) is 1. The number of carbonyl (C=O) groups is 2. The van der Waals surface area contributed by atoms with Crippen LogP contribution in [0.25, 0.3) is 6.08 Å². The van der Waals surface area contributed by atoms with Crippen LogP contribution in [-0.4, -0.2) is 57.0 Å². The highest BCUT2D eigenvalue weighted by Crippen LogP contribution is 2.45. The number of Topliss-reactive ketones (excluding diaryl/α,β-unsaturated/α-hetero) is 1. The lowest BCUT2D eigenvalue weighted by Gasteiger charge is -2.35. The van der Waals surface area contributed by atoms with E-state index in [2.05, 4.69) is 10.9 Å². The van der Waals surface area contributed by atoms with Gasteiger partial charge in [0.25, 0.3) is 0 Å². The molecule has 204 valence electrons. The van der Waals surface area contributed by atoms with Crippen LogP contribution < -0.4 is 0 Å². The van der Waals surface area contributed by atoms with Crippen LogP contribution in [0.5, 0.6) is 0 Å². The van der Waals surface area contributed by atoms with Gasteiger partial charge < -0.3 is 24.1 Å². The summed E-state index contributed by atoms with van der Waals surface area (Å²) >= 11 is 0. The van der Waals surface area contributed by atoms with Gasteiger partial charge in [-0.2, -0.15) is 0 Å². The molecule has 0 aromatic carbocycles. The fraction of sp³-hybridized carbons (Fsp3) is 0.679. The summed E-state index contributed by atoms with van der Waals surface area (Å²) in [5.41, 5.74) is -1.68. The third-order valence-electron chi connectivity index (χ3n) is 7.80. The molecule has 2 N–H and O–H groups in total. The number of aliphatic hydroxyl groups excluding tert-OH is 2. The summed E-state index contributed by atoms with van der Waals surface area (Å²) < 4.78 is 31.8. The standard InChI is InChI=1S/C28H38FNO7/c1-7-9-19-25(33)16(2)10-8-11-28(6)23(37-28)13-21(20(29)12-18-15-35-17(3)30-18)36-24(32)14-22(31)27(4,5)26(19)34/h1,12,15-16,19,21-23,25,31,33H,8-11,13-14H2,2-6H3. The van der Waals surface area contributed by atoms with Gasteiger partial charge in [0.1, 0.15) is 23.6 Å². The van der Waals surface area contributed by atoms with E-state index in [0.717, 1.165) is 6.08 Å². The molecule has 8 nitrogen and oxygen atoms in total. The molecule has 7 unspecified atom stereocenters. The zero-order chi connectivity index (χ0) is 27.5. The first-order valence-corrected chi connectivity index (χ1v) is 12.8. The number of hydrogen-bond donors (Lipinski definition) is 2. The van der Waals surface area contributed by atoms with Gasteiger partial charge >= 0.3 is 5.97 Å². The van der Waals surface area contributed by atoms with Gasteiger partial charge in [0.2, 0.25) is 0 Å². The van der Waals surface area contributed by atoms with Crippen LogP contribution in [0.4, 0.5) is 4.39 Å². The second-order valence-electron chi connectivity index (χ2n) is 11.1. The van der Waals surface area contributed by atoms with E-state index in [4.69, 9.17) is 20.3 Å². The number of hydrogen-bond acceptors (Lipinski definition) is 8. The van der Waals surface area contributed by atoms with Crippen LogP contribution in [0.3, 0.4) is 0 Å². The third kappa shape index (κ3) is 6.86. The highest BCUT2D eigenvalue weighted by atomic mass is 19.1. The maximum atomic E-state index is 15.3. The van der Waals surface area contributed by atoms with Gasteiger partial charge in [-0.15, -0.1) is 12.3 Å². The van der Waals surface area contributed by atoms with E-state index < -0.39 is 59.2 Å². The van der Waals surface area contributed by atoms with E-state index in [1.165, 1.54) is 20.1 Å². The number of esters is 1. The summed E-state index contributed by atoms with van der Waals surface area (Å²) in [6.45, 7) is 8.42. The van der Waals surface area contributed by atoms with Gasteiger partial charge in [-0.1, -0.05) is 27.2 Å². The maximum Gasteiger partial charge on any atom is 0.309 e. The van der Waals surface area contributed by atoms with Crippen molar-refractivity contribution in [2.75, 3.05) is 0 Å². The number of ether oxygens (including phenoxy) is 2. The molecule has 0 amide bonds. The van der Waals surface area contributed by atoms with Crippen molar-refractivity contribution < 1.29 is 38.1 Å². The Kier molecular flexibility index (Phi) is 8.99. The van der Waals surface area contributed by atoms with Crippen molar-refractivity contribution in [2.24, 2.45) is 17.3 Å². The first-order chi connectivity index (χ1) is 17.3. The number of ketones is 1. The molecule has 2 aliphatic heterocycles. The first kappa shape index (κ1) is 29.0. The fourth-order valence-corrected chi connectivity index (χ4v) is 5.00. The summed E-state index contributed by atoms with van der Waals surface area (Å²) in [5, 5.41) is 21.9. The molecule has 9 heteroatoms. The summed E-state index contributed by atoms with van der Waals surface area (Å²) in [5.74, 6) is -0.323. The van der Waals surface area contributed by atoms with Crippen molar-refractivity contribution in [3.63, 3.8) is 0 Å². The minimum absolute atomic E-state index is 0.00738. The molecule has 0 aliphatic carbocycles. The number of aliphatic hydroxyl groups is 2. The molecule has 0 saturated carbocycles. The molecule has 0 spiro atoms. The summed E-state index contributed by atoms with van der Waals surface area (Å²) in [6.07, 6.45) is 5.45. The zero-order valence-corrected chi connectivity index (χ0v) is 22.2. The van der Waals surface area contributed by atoms with Gasteiger partial charge in [-0.25, -0.2) is 9.37 Å². The number of nitrogens with zero attached hydrogens (tertiary/aromatic N) is 1. The molecule has 7 atom stereocenters. The second-order valence-corrected chi connectivity index (χ2v) is 11.1. The molecular weight excluding hydrogens is 481 g/mol. The Morgan fingerprint density at radius 3 is 2.65 bits per heavy atom. The Labute approximate surface area is 217 Å². The molecule has 2 aliphatic rings. The Morgan fingerprint density at radius 1 is 1.32 bits per heavy atom. The smallest absolute Gasteiger partial charge is 0.309 e. The average Bonchev–Trinajstić information content (AvgIpc) is 3.27. The van der Waals surface area contributed by atoms with Crippen LogP contribution in [0.2, 0.25) is 0 Å². The zero-order valence-electron chi connectivity index (χ0n) is 22.2. The van der Waals surface area contributed by atoms with Crippen LogP contribution >= 0.6 is 0 Å². The number of halogens is 1. The molecule has 1 aromatic heterocycles. The van der Waals surface area contributed by atoms with E-state index in [9.17, 15) is 19.8 Å². The maximum absolute atomic E-state index is 15.3. The lowest BCUT2D eigenvalue weighted by molar-refractivity contribution is -0.155. The van der Waals surface area contributed by atoms with Gasteiger partial charge in [0.05, 0.1) is 41.7 Å². The molecule has 2 fully saturated rings. The summed E-state index contributed by atoms with van der Waals surface area (Å²) in [4.78, 5) is 30.3. The molecule has 2 saturated heterocycles. The van der Waals surface area contributed by atoms with Crippen molar-refractivity contribution in [3.05, 3.63) is 23.7 Å². The Bertz CT molecular complexity index is 1060. The summed E-state index contributed by atoms with van der Waals surface area (Å²) in [6, 6.07) is 0. The molecule has 3 heterocycles. The van der Waals surface area contributed by atoms with E-state index in [1.807, 2.05) is 13.8 Å². The van der Waals surface area contributed by atoms with Gasteiger partial charge in [0.15, 0.2) is 12.0 Å². The van der Waals surface area contributed by atoms with Crippen molar-refractivity contribution in [1.29, 1.82) is 0 Å². The van der Waals surface area contributed by atoms with Crippen molar-refractivity contribution in [2.45, 2.75) is 103 Å².